The van der Waals surface area contributed by atoms with Crippen LogP contribution in [0.15, 0.2) is 53.0 Å². The van der Waals surface area contributed by atoms with Crippen LogP contribution in [0.1, 0.15) is 0 Å². The van der Waals surface area contributed by atoms with Crippen LogP contribution in [0.5, 0.6) is 11.5 Å². The summed E-state index contributed by atoms with van der Waals surface area (Å²) >= 11 is 3.21. The summed E-state index contributed by atoms with van der Waals surface area (Å²) in [6, 6.07) is 13.7. The van der Waals surface area contributed by atoms with Gasteiger partial charge in [-0.15, -0.1) is 0 Å². The van der Waals surface area contributed by atoms with Gasteiger partial charge in [-0.2, -0.15) is 0 Å². The van der Waals surface area contributed by atoms with Crippen molar-refractivity contribution in [2.45, 2.75) is 0 Å². The predicted octanol–water partition coefficient (Wildman–Crippen LogP) is 4.38. The first-order valence-electron chi connectivity index (χ1n) is 4.43. The summed E-state index contributed by atoms with van der Waals surface area (Å²) in [5.41, 5.74) is 0. The van der Waals surface area contributed by atoms with Gasteiger partial charge in [-0.1, -0.05) is 34.1 Å². The average Bonchev–Trinajstić information content (AvgIpc) is 2.17. The van der Waals surface area contributed by atoms with Gasteiger partial charge in [0.1, 0.15) is 17.3 Å². The van der Waals surface area contributed by atoms with Gasteiger partial charge in [0, 0.05) is 10.5 Å². The second-order valence-corrected chi connectivity index (χ2v) is 3.94. The molecule has 2 aromatic carbocycles. The van der Waals surface area contributed by atoms with Crippen LogP contribution in [-0.2, 0) is 0 Å². The van der Waals surface area contributed by atoms with E-state index < -0.39 is 0 Å². The molecular formula is C12H8BrFO. The van der Waals surface area contributed by atoms with Gasteiger partial charge in [-0.25, -0.2) is 4.39 Å². The Morgan fingerprint density at radius 2 is 1.67 bits per heavy atom. The molecule has 0 saturated heterocycles. The molecule has 2 rings (SSSR count). The van der Waals surface area contributed by atoms with E-state index in [4.69, 9.17) is 4.74 Å². The number of ether oxygens (including phenoxy) is 1. The molecule has 76 valence electrons. The van der Waals surface area contributed by atoms with E-state index in [1.165, 1.54) is 12.1 Å². The van der Waals surface area contributed by atoms with E-state index in [1.807, 2.05) is 30.3 Å². The molecular weight excluding hydrogens is 259 g/mol. The maximum Gasteiger partial charge on any atom is 0.131 e. The Hall–Kier alpha value is -1.35. The molecule has 0 unspecified atom stereocenters. The summed E-state index contributed by atoms with van der Waals surface area (Å²) in [6.45, 7) is 0. The van der Waals surface area contributed by atoms with Gasteiger partial charge in [-0.05, 0) is 24.3 Å². The zero-order valence-corrected chi connectivity index (χ0v) is 9.37. The molecule has 0 aliphatic heterocycles. The highest BCUT2D eigenvalue weighted by Crippen LogP contribution is 2.25. The molecule has 0 aliphatic rings. The maximum absolute atomic E-state index is 13.0. The lowest BCUT2D eigenvalue weighted by Gasteiger charge is -2.05. The van der Waals surface area contributed by atoms with Crippen molar-refractivity contribution in [1.29, 1.82) is 0 Å². The normalized spacial score (nSPS) is 10.0. The van der Waals surface area contributed by atoms with Crippen molar-refractivity contribution in [3.63, 3.8) is 0 Å². The van der Waals surface area contributed by atoms with Crippen LogP contribution in [0.25, 0.3) is 0 Å². The largest absolute Gasteiger partial charge is 0.457 e. The predicted molar refractivity (Wildman–Crippen MR) is 60.6 cm³/mol. The fourth-order valence-corrected chi connectivity index (χ4v) is 1.66. The van der Waals surface area contributed by atoms with Crippen molar-refractivity contribution in [3.8, 4) is 11.5 Å². The molecule has 0 bridgehead atoms. The highest BCUT2D eigenvalue weighted by Gasteiger charge is 2.00. The maximum atomic E-state index is 13.0. The molecule has 0 N–H and O–H groups in total. The number of hydrogen-bond donors (Lipinski definition) is 0. The van der Waals surface area contributed by atoms with Crippen LogP contribution in [-0.4, -0.2) is 0 Å². The highest BCUT2D eigenvalue weighted by atomic mass is 79.9. The first-order chi connectivity index (χ1) is 7.24. The van der Waals surface area contributed by atoms with Crippen LogP contribution >= 0.6 is 15.9 Å². The van der Waals surface area contributed by atoms with Crippen LogP contribution in [0.4, 0.5) is 4.39 Å². The number of halogens is 2. The zero-order chi connectivity index (χ0) is 10.7. The van der Waals surface area contributed by atoms with E-state index in [0.717, 1.165) is 0 Å². The number of rotatable bonds is 2. The number of benzene rings is 2. The molecule has 0 amide bonds. The Morgan fingerprint density at radius 3 is 2.33 bits per heavy atom. The second-order valence-electron chi connectivity index (χ2n) is 3.02. The molecule has 15 heavy (non-hydrogen) atoms. The average molecular weight is 267 g/mol. The van der Waals surface area contributed by atoms with Gasteiger partial charge < -0.3 is 4.74 Å². The second kappa shape index (κ2) is 4.45. The minimum atomic E-state index is -0.324. The summed E-state index contributed by atoms with van der Waals surface area (Å²) in [5, 5.41) is 0. The summed E-state index contributed by atoms with van der Waals surface area (Å²) in [7, 11) is 0. The summed E-state index contributed by atoms with van der Waals surface area (Å²) < 4.78 is 19.2. The van der Waals surface area contributed by atoms with Crippen molar-refractivity contribution in [3.05, 3.63) is 58.8 Å². The lowest BCUT2D eigenvalue weighted by atomic mass is 10.3. The molecule has 0 saturated carbocycles. The standard InChI is InChI=1S/C12H8BrFO/c13-9-6-10(14)8-12(7-9)15-11-4-2-1-3-5-11/h1-8H. The monoisotopic (exact) mass is 266 g/mol. The van der Waals surface area contributed by atoms with Crippen molar-refractivity contribution in [1.82, 2.24) is 0 Å². The van der Waals surface area contributed by atoms with Gasteiger partial charge in [0.05, 0.1) is 0 Å². The molecule has 3 heteroatoms. The minimum Gasteiger partial charge on any atom is -0.457 e. The van der Waals surface area contributed by atoms with E-state index in [1.54, 1.807) is 6.07 Å². The Balaban J connectivity index is 2.25. The SMILES string of the molecule is Fc1cc(Br)cc(Oc2ccccc2)c1. The van der Waals surface area contributed by atoms with Crippen LogP contribution in [0.3, 0.4) is 0 Å². The molecule has 0 spiro atoms. The quantitative estimate of drug-likeness (QED) is 0.784. The van der Waals surface area contributed by atoms with E-state index in [0.29, 0.717) is 16.0 Å². The Morgan fingerprint density at radius 1 is 0.933 bits per heavy atom. The molecule has 0 aliphatic carbocycles. The third-order valence-corrected chi connectivity index (χ3v) is 2.27. The van der Waals surface area contributed by atoms with Crippen molar-refractivity contribution < 1.29 is 9.13 Å². The number of para-hydroxylation sites is 1. The van der Waals surface area contributed by atoms with Crippen molar-refractivity contribution in [2.24, 2.45) is 0 Å². The Bertz CT molecular complexity index is 436. The fourth-order valence-electron chi connectivity index (χ4n) is 1.21. The molecule has 0 heterocycles. The van der Waals surface area contributed by atoms with E-state index >= 15 is 0 Å². The number of hydrogen-bond acceptors (Lipinski definition) is 1. The Kier molecular flexibility index (Phi) is 3.02. The smallest absolute Gasteiger partial charge is 0.131 e. The first kappa shape index (κ1) is 10.2. The van der Waals surface area contributed by atoms with E-state index in [-0.39, 0.29) is 5.82 Å². The third kappa shape index (κ3) is 2.80. The third-order valence-electron chi connectivity index (χ3n) is 1.81. The Labute approximate surface area is 95.6 Å². The van der Waals surface area contributed by atoms with Gasteiger partial charge >= 0.3 is 0 Å². The first-order valence-corrected chi connectivity index (χ1v) is 5.22. The van der Waals surface area contributed by atoms with Crippen molar-refractivity contribution >= 4 is 15.9 Å². The topological polar surface area (TPSA) is 9.23 Å². The fraction of sp³-hybridized carbons (Fsp3) is 0. The highest BCUT2D eigenvalue weighted by molar-refractivity contribution is 9.10. The molecule has 0 radical (unpaired) electrons. The molecule has 0 fully saturated rings. The molecule has 0 aromatic heterocycles. The lowest BCUT2D eigenvalue weighted by Crippen LogP contribution is -1.85. The van der Waals surface area contributed by atoms with Gasteiger partial charge in [-0.3, -0.25) is 0 Å². The van der Waals surface area contributed by atoms with Crippen LogP contribution in [0.2, 0.25) is 0 Å². The van der Waals surface area contributed by atoms with E-state index in [2.05, 4.69) is 15.9 Å². The van der Waals surface area contributed by atoms with E-state index in [9.17, 15) is 4.39 Å². The summed E-state index contributed by atoms with van der Waals surface area (Å²) in [5.74, 6) is 0.846. The van der Waals surface area contributed by atoms with Gasteiger partial charge in [0.2, 0.25) is 0 Å². The molecule has 0 atom stereocenters. The molecule has 1 nitrogen and oxygen atoms in total. The minimum absolute atomic E-state index is 0.324. The lowest BCUT2D eigenvalue weighted by molar-refractivity contribution is 0.476. The molecule has 2 aromatic rings. The zero-order valence-electron chi connectivity index (χ0n) is 7.78. The summed E-state index contributed by atoms with van der Waals surface area (Å²) in [6.07, 6.45) is 0. The van der Waals surface area contributed by atoms with Crippen molar-refractivity contribution in [2.75, 3.05) is 0 Å². The van der Waals surface area contributed by atoms with Gasteiger partial charge in [0.25, 0.3) is 0 Å². The van der Waals surface area contributed by atoms with Crippen LogP contribution < -0.4 is 4.74 Å². The van der Waals surface area contributed by atoms with Gasteiger partial charge in [0.15, 0.2) is 0 Å². The van der Waals surface area contributed by atoms with Crippen LogP contribution in [0, 0.1) is 5.82 Å². The summed E-state index contributed by atoms with van der Waals surface area (Å²) in [4.78, 5) is 0.